The molecule has 0 bridgehead atoms. The number of amides is 3. The van der Waals surface area contributed by atoms with Crippen molar-refractivity contribution in [1.29, 1.82) is 0 Å². The molecule has 4 aromatic rings. The van der Waals surface area contributed by atoms with Gasteiger partial charge in [-0.3, -0.25) is 14.4 Å². The molecule has 0 spiro atoms. The van der Waals surface area contributed by atoms with E-state index in [1.165, 1.54) is 31.6 Å². The van der Waals surface area contributed by atoms with Crippen molar-refractivity contribution in [1.82, 2.24) is 23.8 Å². The zero-order chi connectivity index (χ0) is 37.9. The highest BCUT2D eigenvalue weighted by Crippen LogP contribution is 2.66. The predicted octanol–water partition coefficient (Wildman–Crippen LogP) is 6.15. The fraction of sp³-hybridized carbons (Fsp3) is 0.452. The molecule has 2 N–H and O–H groups in total. The molecule has 2 atom stereocenters. The number of methoxy groups -OCH3 is 1. The van der Waals surface area contributed by atoms with Crippen molar-refractivity contribution in [3.8, 4) is 17.0 Å². The van der Waals surface area contributed by atoms with E-state index in [1.54, 1.807) is 20.2 Å². The summed E-state index contributed by atoms with van der Waals surface area (Å²) < 4.78 is 36.5. The molecule has 3 fully saturated rings. The molecule has 2 aliphatic heterocycles. The number of carbonyl (C=O) groups excluding carboxylic acids is 3. The molecule has 284 valence electrons. The third-order valence-electron chi connectivity index (χ3n) is 12.6. The second-order valence-corrected chi connectivity index (χ2v) is 17.7. The average Bonchev–Trinajstić information content (AvgIpc) is 3.86. The molecular weight excluding hydrogens is 703 g/mol. The van der Waals surface area contributed by atoms with Crippen LogP contribution in [0.15, 0.2) is 60.7 Å². The number of piperidine rings is 1. The average molecular weight is 752 g/mol. The Morgan fingerprint density at radius 1 is 0.852 bits per heavy atom. The highest BCUT2D eigenvalue weighted by atomic mass is 32.2. The molecule has 11 nitrogen and oxygen atoms in total. The lowest BCUT2D eigenvalue weighted by molar-refractivity contribution is -0.138. The van der Waals surface area contributed by atoms with E-state index in [-0.39, 0.29) is 23.3 Å². The van der Waals surface area contributed by atoms with Crippen LogP contribution in [0, 0.1) is 5.41 Å². The molecule has 1 aromatic heterocycles. The van der Waals surface area contributed by atoms with Gasteiger partial charge >= 0.3 is 10.2 Å². The monoisotopic (exact) mass is 751 g/mol. The van der Waals surface area contributed by atoms with Crippen molar-refractivity contribution >= 4 is 38.8 Å². The lowest BCUT2D eigenvalue weighted by Gasteiger charge is -2.35. The van der Waals surface area contributed by atoms with E-state index in [4.69, 9.17) is 4.74 Å². The van der Waals surface area contributed by atoms with Crippen LogP contribution < -0.4 is 14.8 Å². The van der Waals surface area contributed by atoms with Gasteiger partial charge in [0.2, 0.25) is 5.91 Å². The molecule has 4 aliphatic rings. The van der Waals surface area contributed by atoms with Crippen LogP contribution in [-0.2, 0) is 21.5 Å². The van der Waals surface area contributed by atoms with E-state index in [0.717, 1.165) is 76.3 Å². The minimum absolute atomic E-state index is 0.0101. The van der Waals surface area contributed by atoms with Gasteiger partial charge in [0.05, 0.1) is 18.2 Å². The Morgan fingerprint density at radius 2 is 1.56 bits per heavy atom. The Balaban J connectivity index is 1.19. The number of carbonyl (C=O) groups is 3. The summed E-state index contributed by atoms with van der Waals surface area (Å²) in [5.41, 5.74) is 6.84. The Kier molecular flexibility index (Phi) is 9.33. The van der Waals surface area contributed by atoms with E-state index < -0.39 is 21.5 Å². The number of likely N-dealkylation sites (tertiary alicyclic amines) is 1. The fourth-order valence-electron chi connectivity index (χ4n) is 9.47. The molecule has 0 radical (unpaired) electrons. The number of rotatable bonds is 8. The summed E-state index contributed by atoms with van der Waals surface area (Å²) in [6.07, 6.45) is 8.03. The first-order chi connectivity index (χ1) is 26.0. The second kappa shape index (κ2) is 13.9. The van der Waals surface area contributed by atoms with Crippen LogP contribution in [0.5, 0.6) is 5.75 Å². The summed E-state index contributed by atoms with van der Waals surface area (Å²) in [7, 11) is 2.07. The minimum atomic E-state index is -4.00. The SMILES string of the molecule is CNC(=O)c1ccc(C2CCN(C(=O)C34CC3c3cc(OC)ccc3-c3c(C5CCCCC5)c5ccc(C(=O)NS(=O)(=O)N(C)C)cc5n3C4)CC2)cc1. The molecular formula is C42H49N5O6S. The van der Waals surface area contributed by atoms with Gasteiger partial charge in [-0.05, 0) is 103 Å². The molecule has 1 saturated heterocycles. The first-order valence-electron chi connectivity index (χ1n) is 19.2. The highest BCUT2D eigenvalue weighted by Gasteiger charge is 2.64. The number of hydrogen-bond acceptors (Lipinski definition) is 6. The molecule has 8 rings (SSSR count). The van der Waals surface area contributed by atoms with E-state index in [2.05, 4.69) is 31.6 Å². The van der Waals surface area contributed by atoms with Crippen molar-refractivity contribution in [2.24, 2.45) is 5.41 Å². The molecule has 2 saturated carbocycles. The van der Waals surface area contributed by atoms with Gasteiger partial charge in [0, 0.05) is 74.3 Å². The fourth-order valence-corrected chi connectivity index (χ4v) is 10.0. The number of nitrogens with zero attached hydrogens (tertiary/aromatic N) is 3. The van der Waals surface area contributed by atoms with Crippen LogP contribution in [0.2, 0.25) is 0 Å². The lowest BCUT2D eigenvalue weighted by atomic mass is 9.81. The molecule has 3 amide bonds. The molecule has 54 heavy (non-hydrogen) atoms. The summed E-state index contributed by atoms with van der Waals surface area (Å²) in [4.78, 5) is 42.6. The van der Waals surface area contributed by atoms with Gasteiger partial charge in [-0.1, -0.05) is 37.5 Å². The van der Waals surface area contributed by atoms with Crippen LogP contribution in [-0.4, -0.2) is 81.3 Å². The quantitative estimate of drug-likeness (QED) is 0.222. The first kappa shape index (κ1) is 36.3. The van der Waals surface area contributed by atoms with Gasteiger partial charge in [0.15, 0.2) is 0 Å². The molecule has 3 heterocycles. The smallest absolute Gasteiger partial charge is 0.303 e. The van der Waals surface area contributed by atoms with Crippen molar-refractivity contribution < 1.29 is 27.5 Å². The number of hydrogen-bond donors (Lipinski definition) is 2. The predicted molar refractivity (Wildman–Crippen MR) is 208 cm³/mol. The molecule has 2 aliphatic carbocycles. The number of aromatic nitrogens is 1. The Labute approximate surface area is 317 Å². The van der Waals surface area contributed by atoms with Gasteiger partial charge in [-0.2, -0.15) is 12.7 Å². The van der Waals surface area contributed by atoms with Gasteiger partial charge in [0.25, 0.3) is 11.8 Å². The maximum atomic E-state index is 15.0. The number of nitrogens with one attached hydrogen (secondary N) is 2. The number of fused-ring (bicyclic) bond motifs is 7. The zero-order valence-electron chi connectivity index (χ0n) is 31.5. The minimum Gasteiger partial charge on any atom is -0.497 e. The summed E-state index contributed by atoms with van der Waals surface area (Å²) >= 11 is 0. The van der Waals surface area contributed by atoms with Crippen LogP contribution in [0.25, 0.3) is 22.2 Å². The maximum absolute atomic E-state index is 15.0. The number of benzene rings is 3. The standard InChI is InChI=1S/C42H49N5O6S/c1-43-39(48)29-12-10-26(11-13-29)27-18-20-46(21-19-27)41(50)42-24-35(42)34-23-31(53-4)15-17-32(34)38-37(28-8-6-5-7-9-28)33-16-14-30(22-36(33)47(38)25-42)40(49)44-54(51,52)45(2)3/h10-17,22-23,27-28,35H,5-9,18-21,24-25H2,1-4H3,(H,43,48)(H,44,49). The zero-order valence-corrected chi connectivity index (χ0v) is 32.3. The summed E-state index contributed by atoms with van der Waals surface area (Å²) in [6, 6.07) is 19.6. The van der Waals surface area contributed by atoms with Crippen LogP contribution in [0.1, 0.15) is 107 Å². The topological polar surface area (TPSA) is 130 Å². The van der Waals surface area contributed by atoms with Gasteiger partial charge in [-0.25, -0.2) is 4.72 Å². The normalized spacial score (nSPS) is 21.5. The first-order valence-corrected chi connectivity index (χ1v) is 20.6. The van der Waals surface area contributed by atoms with Gasteiger partial charge in [0.1, 0.15) is 5.75 Å². The third kappa shape index (κ3) is 6.17. The maximum Gasteiger partial charge on any atom is 0.303 e. The van der Waals surface area contributed by atoms with Gasteiger partial charge in [-0.15, -0.1) is 0 Å². The van der Waals surface area contributed by atoms with Crippen molar-refractivity contribution in [2.45, 2.75) is 75.7 Å². The van der Waals surface area contributed by atoms with Gasteiger partial charge < -0.3 is 19.5 Å². The Bertz CT molecular complexity index is 2250. The Hall–Kier alpha value is -4.68. The van der Waals surface area contributed by atoms with E-state index in [1.807, 2.05) is 42.5 Å². The summed E-state index contributed by atoms with van der Waals surface area (Å²) in [5, 5.41) is 3.73. The van der Waals surface area contributed by atoms with Crippen molar-refractivity contribution in [3.05, 3.63) is 88.5 Å². The van der Waals surface area contributed by atoms with E-state index in [0.29, 0.717) is 43.5 Å². The largest absolute Gasteiger partial charge is 0.497 e. The Morgan fingerprint density at radius 3 is 2.22 bits per heavy atom. The molecule has 2 unspecified atom stereocenters. The van der Waals surface area contributed by atoms with Crippen LogP contribution in [0.3, 0.4) is 0 Å². The van der Waals surface area contributed by atoms with E-state index >= 15 is 0 Å². The third-order valence-corrected chi connectivity index (χ3v) is 14.0. The van der Waals surface area contributed by atoms with Crippen LogP contribution >= 0.6 is 0 Å². The molecule has 3 aromatic carbocycles. The summed E-state index contributed by atoms with van der Waals surface area (Å²) in [5.74, 6) is 0.759. The second-order valence-electron chi connectivity index (χ2n) is 15.8. The highest BCUT2D eigenvalue weighted by molar-refractivity contribution is 7.87. The van der Waals surface area contributed by atoms with Crippen LogP contribution in [0.4, 0.5) is 0 Å². The van der Waals surface area contributed by atoms with Crippen molar-refractivity contribution in [2.75, 3.05) is 41.3 Å². The van der Waals surface area contributed by atoms with E-state index in [9.17, 15) is 22.8 Å². The molecule has 12 heteroatoms. The number of ether oxygens (including phenoxy) is 1. The summed E-state index contributed by atoms with van der Waals surface area (Å²) in [6.45, 7) is 1.77. The lowest BCUT2D eigenvalue weighted by Crippen LogP contribution is -2.44. The van der Waals surface area contributed by atoms with Crippen molar-refractivity contribution in [3.63, 3.8) is 0 Å².